The van der Waals surface area contributed by atoms with E-state index in [-0.39, 0.29) is 5.91 Å². The fraction of sp³-hybridized carbons (Fsp3) is 0.261. The number of amides is 1. The smallest absolute Gasteiger partial charge is 0.220 e. The second-order valence-corrected chi connectivity index (χ2v) is 6.28. The van der Waals surface area contributed by atoms with Crippen molar-refractivity contribution in [2.45, 2.75) is 26.2 Å². The average Bonchev–Trinajstić information content (AvgIpc) is 2.68. The molecule has 0 atom stereocenters. The highest BCUT2D eigenvalue weighted by molar-refractivity contribution is 5.85. The molecule has 0 spiro atoms. The fourth-order valence-corrected chi connectivity index (χ4v) is 3.19. The molecule has 1 amide bonds. The minimum Gasteiger partial charge on any atom is -0.494 e. The first-order valence-corrected chi connectivity index (χ1v) is 9.22. The molecule has 0 saturated heterocycles. The average molecular weight is 347 g/mol. The summed E-state index contributed by atoms with van der Waals surface area (Å²) in [6.07, 6.45) is 2.00. The van der Waals surface area contributed by atoms with E-state index in [0.717, 1.165) is 17.7 Å². The number of benzene rings is 3. The molecule has 0 aliphatic heterocycles. The maximum Gasteiger partial charge on any atom is 0.220 e. The Hall–Kier alpha value is -2.81. The molecular weight excluding hydrogens is 322 g/mol. The first-order chi connectivity index (χ1) is 12.8. The number of para-hydroxylation sites is 1. The van der Waals surface area contributed by atoms with Gasteiger partial charge in [-0.05, 0) is 47.7 Å². The van der Waals surface area contributed by atoms with Crippen molar-refractivity contribution >= 4 is 16.7 Å². The molecule has 0 aromatic heterocycles. The number of hydrogen-bond donors (Lipinski definition) is 1. The van der Waals surface area contributed by atoms with E-state index in [2.05, 4.69) is 41.7 Å². The molecule has 0 radical (unpaired) electrons. The van der Waals surface area contributed by atoms with Crippen molar-refractivity contribution in [1.29, 1.82) is 0 Å². The van der Waals surface area contributed by atoms with E-state index in [4.69, 9.17) is 4.74 Å². The van der Waals surface area contributed by atoms with Crippen LogP contribution in [0.15, 0.2) is 66.7 Å². The first-order valence-electron chi connectivity index (χ1n) is 9.22. The summed E-state index contributed by atoms with van der Waals surface area (Å²) < 4.78 is 5.62. The van der Waals surface area contributed by atoms with Crippen molar-refractivity contribution in [3.05, 3.63) is 77.9 Å². The summed E-state index contributed by atoms with van der Waals surface area (Å²) in [4.78, 5) is 12.2. The van der Waals surface area contributed by atoms with Crippen molar-refractivity contribution in [3.8, 4) is 5.75 Å². The van der Waals surface area contributed by atoms with Gasteiger partial charge in [-0.2, -0.15) is 0 Å². The first kappa shape index (κ1) is 18.0. The van der Waals surface area contributed by atoms with Gasteiger partial charge in [0, 0.05) is 13.0 Å². The van der Waals surface area contributed by atoms with Crippen LogP contribution in [0.5, 0.6) is 5.75 Å². The van der Waals surface area contributed by atoms with Gasteiger partial charge in [0.1, 0.15) is 5.75 Å². The second-order valence-electron chi connectivity index (χ2n) is 6.28. The topological polar surface area (TPSA) is 38.3 Å². The lowest BCUT2D eigenvalue weighted by atomic mass is 10.0. The molecule has 3 aromatic rings. The van der Waals surface area contributed by atoms with Crippen LogP contribution in [0.25, 0.3) is 10.8 Å². The van der Waals surface area contributed by atoms with Gasteiger partial charge in [0.05, 0.1) is 6.61 Å². The van der Waals surface area contributed by atoms with Gasteiger partial charge in [0.25, 0.3) is 0 Å². The number of nitrogens with one attached hydrogen (secondary N) is 1. The zero-order chi connectivity index (χ0) is 18.2. The summed E-state index contributed by atoms with van der Waals surface area (Å²) in [5.41, 5.74) is 2.35. The predicted octanol–water partition coefficient (Wildman–Crippen LogP) is 4.53. The van der Waals surface area contributed by atoms with Gasteiger partial charge in [-0.15, -0.1) is 0 Å². The van der Waals surface area contributed by atoms with E-state index < -0.39 is 0 Å². The van der Waals surface area contributed by atoms with Crippen LogP contribution in [-0.4, -0.2) is 19.1 Å². The number of fused-ring (bicyclic) bond motifs is 1. The number of rotatable bonds is 8. The third-order valence-corrected chi connectivity index (χ3v) is 4.49. The molecule has 0 aliphatic carbocycles. The lowest BCUT2D eigenvalue weighted by Crippen LogP contribution is -2.26. The Labute approximate surface area is 155 Å². The summed E-state index contributed by atoms with van der Waals surface area (Å²) in [5, 5.41) is 5.54. The van der Waals surface area contributed by atoms with Crippen molar-refractivity contribution in [2.75, 3.05) is 13.2 Å². The van der Waals surface area contributed by atoms with Crippen LogP contribution in [0.3, 0.4) is 0 Å². The molecule has 3 rings (SSSR count). The molecule has 26 heavy (non-hydrogen) atoms. The van der Waals surface area contributed by atoms with Crippen molar-refractivity contribution in [2.24, 2.45) is 0 Å². The zero-order valence-electron chi connectivity index (χ0n) is 15.2. The van der Waals surface area contributed by atoms with Gasteiger partial charge in [0.2, 0.25) is 5.91 Å². The second kappa shape index (κ2) is 9.04. The Morgan fingerprint density at radius 1 is 0.885 bits per heavy atom. The maximum atomic E-state index is 12.2. The molecule has 3 aromatic carbocycles. The van der Waals surface area contributed by atoms with Crippen LogP contribution < -0.4 is 10.1 Å². The molecule has 3 heteroatoms. The standard InChI is InChI=1S/C23H25NO2/c1-2-26-22-13-6-4-9-20(22)14-15-23(25)24-17-16-19-11-7-10-18-8-3-5-12-21(18)19/h3-13H,2,14-17H2,1H3,(H,24,25). The Kier molecular flexibility index (Phi) is 6.26. The van der Waals surface area contributed by atoms with E-state index in [0.29, 0.717) is 26.0 Å². The van der Waals surface area contributed by atoms with Gasteiger partial charge in [-0.1, -0.05) is 60.7 Å². The van der Waals surface area contributed by atoms with Crippen molar-refractivity contribution < 1.29 is 9.53 Å². The third kappa shape index (κ3) is 4.63. The number of aryl methyl sites for hydroxylation is 1. The predicted molar refractivity (Wildman–Crippen MR) is 107 cm³/mol. The number of carbonyl (C=O) groups excluding carboxylic acids is 1. The molecule has 134 valence electrons. The molecular formula is C23H25NO2. The van der Waals surface area contributed by atoms with Crippen LogP contribution in [0.1, 0.15) is 24.5 Å². The molecule has 3 nitrogen and oxygen atoms in total. The highest BCUT2D eigenvalue weighted by Gasteiger charge is 2.07. The van der Waals surface area contributed by atoms with Gasteiger partial charge in [0.15, 0.2) is 0 Å². The Morgan fingerprint density at radius 2 is 1.62 bits per heavy atom. The molecule has 0 heterocycles. The van der Waals surface area contributed by atoms with E-state index in [9.17, 15) is 4.79 Å². The van der Waals surface area contributed by atoms with Gasteiger partial charge in [-0.25, -0.2) is 0 Å². The SMILES string of the molecule is CCOc1ccccc1CCC(=O)NCCc1cccc2ccccc12. The van der Waals surface area contributed by atoms with Crippen LogP contribution in [-0.2, 0) is 17.6 Å². The summed E-state index contributed by atoms with van der Waals surface area (Å²) in [6, 6.07) is 22.6. The quantitative estimate of drug-likeness (QED) is 0.650. The summed E-state index contributed by atoms with van der Waals surface area (Å²) in [5.74, 6) is 0.954. The molecule has 0 unspecified atom stereocenters. The van der Waals surface area contributed by atoms with Crippen molar-refractivity contribution in [3.63, 3.8) is 0 Å². The van der Waals surface area contributed by atoms with Crippen LogP contribution in [0, 0.1) is 0 Å². The zero-order valence-corrected chi connectivity index (χ0v) is 15.2. The molecule has 1 N–H and O–H groups in total. The number of hydrogen-bond acceptors (Lipinski definition) is 2. The highest BCUT2D eigenvalue weighted by atomic mass is 16.5. The summed E-state index contributed by atoms with van der Waals surface area (Å²) >= 11 is 0. The fourth-order valence-electron chi connectivity index (χ4n) is 3.19. The lowest BCUT2D eigenvalue weighted by Gasteiger charge is -2.10. The minimum absolute atomic E-state index is 0.0801. The highest BCUT2D eigenvalue weighted by Crippen LogP contribution is 2.20. The van der Waals surface area contributed by atoms with E-state index in [1.165, 1.54) is 16.3 Å². The lowest BCUT2D eigenvalue weighted by molar-refractivity contribution is -0.121. The minimum atomic E-state index is 0.0801. The maximum absolute atomic E-state index is 12.2. The summed E-state index contributed by atoms with van der Waals surface area (Å²) in [6.45, 7) is 3.25. The molecule has 0 fully saturated rings. The normalized spacial score (nSPS) is 10.7. The number of carbonyl (C=O) groups is 1. The molecule has 0 bridgehead atoms. The van der Waals surface area contributed by atoms with Crippen LogP contribution in [0.4, 0.5) is 0 Å². The van der Waals surface area contributed by atoms with Crippen LogP contribution in [0.2, 0.25) is 0 Å². The van der Waals surface area contributed by atoms with E-state index in [1.807, 2.05) is 37.3 Å². The van der Waals surface area contributed by atoms with Gasteiger partial charge >= 0.3 is 0 Å². The third-order valence-electron chi connectivity index (χ3n) is 4.49. The Bertz CT molecular complexity index is 867. The Morgan fingerprint density at radius 3 is 2.50 bits per heavy atom. The van der Waals surface area contributed by atoms with Crippen molar-refractivity contribution in [1.82, 2.24) is 5.32 Å². The largest absolute Gasteiger partial charge is 0.494 e. The van der Waals surface area contributed by atoms with Gasteiger partial charge in [-0.3, -0.25) is 4.79 Å². The monoisotopic (exact) mass is 347 g/mol. The van der Waals surface area contributed by atoms with E-state index >= 15 is 0 Å². The van der Waals surface area contributed by atoms with Gasteiger partial charge < -0.3 is 10.1 Å². The Balaban J connectivity index is 1.50. The number of ether oxygens (including phenoxy) is 1. The summed E-state index contributed by atoms with van der Waals surface area (Å²) in [7, 11) is 0. The van der Waals surface area contributed by atoms with Crippen LogP contribution >= 0.6 is 0 Å². The van der Waals surface area contributed by atoms with E-state index in [1.54, 1.807) is 0 Å². The molecule has 0 saturated carbocycles. The molecule has 0 aliphatic rings.